The molecule has 1 aromatic carbocycles. The lowest BCUT2D eigenvalue weighted by Crippen LogP contribution is -2.48. The van der Waals surface area contributed by atoms with Gasteiger partial charge in [-0.15, -0.1) is 0 Å². The van der Waals surface area contributed by atoms with Crippen molar-refractivity contribution < 1.29 is 14.3 Å². The van der Waals surface area contributed by atoms with Crippen molar-refractivity contribution in [2.24, 2.45) is 0 Å². The van der Waals surface area contributed by atoms with Crippen LogP contribution in [0.3, 0.4) is 0 Å². The maximum atomic E-state index is 12.6. The van der Waals surface area contributed by atoms with Gasteiger partial charge in [-0.25, -0.2) is 0 Å². The number of esters is 1. The molecule has 0 aliphatic carbocycles. The Labute approximate surface area is 114 Å². The van der Waals surface area contributed by atoms with Gasteiger partial charge in [0.1, 0.15) is 0 Å². The van der Waals surface area contributed by atoms with E-state index in [1.54, 1.807) is 12.1 Å². The standard InChI is InChI=1S/C15H21NO3/c1-15(16(2)3,11-10-13(17)19-4)14(18)12-8-6-5-7-9-12/h5-9H,10-11H2,1-4H3. The van der Waals surface area contributed by atoms with Gasteiger partial charge >= 0.3 is 5.97 Å². The van der Waals surface area contributed by atoms with Crippen molar-refractivity contribution in [3.05, 3.63) is 35.9 Å². The Bertz CT molecular complexity index is 442. The van der Waals surface area contributed by atoms with E-state index in [-0.39, 0.29) is 18.2 Å². The quantitative estimate of drug-likeness (QED) is 0.583. The molecule has 0 N–H and O–H groups in total. The van der Waals surface area contributed by atoms with Crippen molar-refractivity contribution in [3.63, 3.8) is 0 Å². The zero-order valence-corrected chi connectivity index (χ0v) is 12.0. The van der Waals surface area contributed by atoms with Crippen LogP contribution in [0.4, 0.5) is 0 Å². The second-order valence-electron chi connectivity index (χ2n) is 4.94. The van der Waals surface area contributed by atoms with Gasteiger partial charge in [0.05, 0.1) is 12.6 Å². The van der Waals surface area contributed by atoms with Crippen LogP contribution in [-0.4, -0.2) is 43.4 Å². The molecule has 19 heavy (non-hydrogen) atoms. The van der Waals surface area contributed by atoms with Crippen molar-refractivity contribution in [3.8, 4) is 0 Å². The highest BCUT2D eigenvalue weighted by Crippen LogP contribution is 2.24. The van der Waals surface area contributed by atoms with Crippen molar-refractivity contribution in [2.45, 2.75) is 25.3 Å². The first-order valence-electron chi connectivity index (χ1n) is 6.26. The molecule has 0 fully saturated rings. The number of benzene rings is 1. The molecule has 1 rings (SSSR count). The number of methoxy groups -OCH3 is 1. The summed E-state index contributed by atoms with van der Waals surface area (Å²) in [5.74, 6) is -0.282. The molecule has 1 unspecified atom stereocenters. The molecule has 4 nitrogen and oxygen atoms in total. The Hall–Kier alpha value is -1.68. The lowest BCUT2D eigenvalue weighted by molar-refractivity contribution is -0.141. The Morgan fingerprint density at radius 1 is 1.21 bits per heavy atom. The van der Waals surface area contributed by atoms with Gasteiger partial charge in [0.25, 0.3) is 0 Å². The highest BCUT2D eigenvalue weighted by molar-refractivity contribution is 6.03. The van der Waals surface area contributed by atoms with Crippen LogP contribution in [0.1, 0.15) is 30.1 Å². The molecule has 0 amide bonds. The first kappa shape index (κ1) is 15.4. The molecule has 0 radical (unpaired) electrons. The van der Waals surface area contributed by atoms with Gasteiger partial charge in [-0.3, -0.25) is 14.5 Å². The van der Waals surface area contributed by atoms with E-state index in [2.05, 4.69) is 4.74 Å². The van der Waals surface area contributed by atoms with Crippen LogP contribution in [0.25, 0.3) is 0 Å². The van der Waals surface area contributed by atoms with E-state index >= 15 is 0 Å². The molecule has 0 spiro atoms. The number of likely N-dealkylation sites (N-methyl/N-ethyl adjacent to an activating group) is 1. The average Bonchev–Trinajstić information content (AvgIpc) is 2.44. The zero-order chi connectivity index (χ0) is 14.5. The Balaban J connectivity index is 2.93. The van der Waals surface area contributed by atoms with E-state index < -0.39 is 5.54 Å². The average molecular weight is 263 g/mol. The smallest absolute Gasteiger partial charge is 0.305 e. The van der Waals surface area contributed by atoms with Crippen LogP contribution >= 0.6 is 0 Å². The summed E-state index contributed by atoms with van der Waals surface area (Å²) in [6.07, 6.45) is 0.657. The summed E-state index contributed by atoms with van der Waals surface area (Å²) in [5, 5.41) is 0. The van der Waals surface area contributed by atoms with E-state index in [1.807, 2.05) is 44.1 Å². The van der Waals surface area contributed by atoms with Gasteiger partial charge in [-0.1, -0.05) is 30.3 Å². The summed E-state index contributed by atoms with van der Waals surface area (Å²) in [6, 6.07) is 9.13. The Kier molecular flexibility index (Phi) is 5.24. The molecule has 0 aliphatic heterocycles. The van der Waals surface area contributed by atoms with E-state index in [9.17, 15) is 9.59 Å². The molecule has 0 aliphatic rings. The second-order valence-corrected chi connectivity index (χ2v) is 4.94. The first-order chi connectivity index (χ1) is 8.91. The highest BCUT2D eigenvalue weighted by atomic mass is 16.5. The van der Waals surface area contributed by atoms with Crippen molar-refractivity contribution in [1.29, 1.82) is 0 Å². The number of ketones is 1. The lowest BCUT2D eigenvalue weighted by Gasteiger charge is -2.34. The molecule has 1 aromatic rings. The lowest BCUT2D eigenvalue weighted by atomic mass is 9.85. The fourth-order valence-corrected chi connectivity index (χ4v) is 1.89. The number of rotatable bonds is 6. The third-order valence-electron chi connectivity index (χ3n) is 3.56. The summed E-state index contributed by atoms with van der Waals surface area (Å²) >= 11 is 0. The fourth-order valence-electron chi connectivity index (χ4n) is 1.89. The maximum absolute atomic E-state index is 12.6. The number of ether oxygens (including phenoxy) is 1. The number of carbonyl (C=O) groups excluding carboxylic acids is 2. The minimum Gasteiger partial charge on any atom is -0.469 e. The van der Waals surface area contributed by atoms with E-state index in [0.29, 0.717) is 12.0 Å². The third-order valence-corrected chi connectivity index (χ3v) is 3.56. The van der Waals surface area contributed by atoms with Gasteiger partial charge in [0.2, 0.25) is 0 Å². The van der Waals surface area contributed by atoms with Gasteiger partial charge < -0.3 is 4.74 Å². The molecule has 0 aromatic heterocycles. The SMILES string of the molecule is COC(=O)CCC(C)(C(=O)c1ccccc1)N(C)C. The van der Waals surface area contributed by atoms with Gasteiger partial charge in [0.15, 0.2) is 5.78 Å². The molecule has 104 valence electrons. The molecule has 0 bridgehead atoms. The number of hydrogen-bond donors (Lipinski definition) is 0. The number of carbonyl (C=O) groups is 2. The number of Topliss-reactive ketones (excluding diaryl/α,β-unsaturated/α-hetero) is 1. The highest BCUT2D eigenvalue weighted by Gasteiger charge is 2.36. The summed E-state index contributed by atoms with van der Waals surface area (Å²) in [4.78, 5) is 25.8. The predicted molar refractivity (Wildman–Crippen MR) is 74.1 cm³/mol. The molecular weight excluding hydrogens is 242 g/mol. The van der Waals surface area contributed by atoms with Crippen molar-refractivity contribution >= 4 is 11.8 Å². The molecule has 1 atom stereocenters. The first-order valence-corrected chi connectivity index (χ1v) is 6.26. The largest absolute Gasteiger partial charge is 0.469 e. The van der Waals surface area contributed by atoms with Gasteiger partial charge in [-0.05, 0) is 27.4 Å². The third kappa shape index (κ3) is 3.64. The maximum Gasteiger partial charge on any atom is 0.305 e. The van der Waals surface area contributed by atoms with E-state index in [0.717, 1.165) is 0 Å². The molecular formula is C15H21NO3. The fraction of sp³-hybridized carbons (Fsp3) is 0.467. The molecule has 0 saturated carbocycles. The normalized spacial score (nSPS) is 13.9. The zero-order valence-electron chi connectivity index (χ0n) is 12.0. The Morgan fingerprint density at radius 2 is 1.79 bits per heavy atom. The predicted octanol–water partition coefficient (Wildman–Crippen LogP) is 2.14. The van der Waals surface area contributed by atoms with Crippen LogP contribution in [0, 0.1) is 0 Å². The van der Waals surface area contributed by atoms with Gasteiger partial charge in [0, 0.05) is 12.0 Å². The summed E-state index contributed by atoms with van der Waals surface area (Å²) in [5.41, 5.74) is -0.0567. The summed E-state index contributed by atoms with van der Waals surface area (Å²) < 4.78 is 4.64. The Morgan fingerprint density at radius 3 is 2.26 bits per heavy atom. The van der Waals surface area contributed by atoms with Crippen molar-refractivity contribution in [1.82, 2.24) is 4.90 Å². The minimum absolute atomic E-state index is 0.0157. The van der Waals surface area contributed by atoms with Crippen LogP contribution in [-0.2, 0) is 9.53 Å². The van der Waals surface area contributed by atoms with E-state index in [1.165, 1.54) is 7.11 Å². The molecule has 0 heterocycles. The van der Waals surface area contributed by atoms with Crippen LogP contribution in [0.2, 0.25) is 0 Å². The minimum atomic E-state index is -0.713. The second kappa shape index (κ2) is 6.48. The van der Waals surface area contributed by atoms with Crippen LogP contribution < -0.4 is 0 Å². The molecule has 4 heteroatoms. The summed E-state index contributed by atoms with van der Waals surface area (Å²) in [6.45, 7) is 1.85. The van der Waals surface area contributed by atoms with E-state index in [4.69, 9.17) is 0 Å². The van der Waals surface area contributed by atoms with Gasteiger partial charge in [-0.2, -0.15) is 0 Å². The van der Waals surface area contributed by atoms with Crippen molar-refractivity contribution in [2.75, 3.05) is 21.2 Å². The monoisotopic (exact) mass is 263 g/mol. The molecule has 0 saturated heterocycles. The van der Waals surface area contributed by atoms with Crippen LogP contribution in [0.15, 0.2) is 30.3 Å². The number of hydrogen-bond acceptors (Lipinski definition) is 4. The van der Waals surface area contributed by atoms with Crippen LogP contribution in [0.5, 0.6) is 0 Å². The number of nitrogens with zero attached hydrogens (tertiary/aromatic N) is 1. The summed E-state index contributed by atoms with van der Waals surface area (Å²) in [7, 11) is 5.05. The topological polar surface area (TPSA) is 46.6 Å².